The molecule has 1 unspecified atom stereocenters. The van der Waals surface area contributed by atoms with Gasteiger partial charge >= 0.3 is 0 Å². The molecule has 0 aliphatic heterocycles. The second-order valence-electron chi connectivity index (χ2n) is 4.55. The van der Waals surface area contributed by atoms with E-state index < -0.39 is 0 Å². The van der Waals surface area contributed by atoms with Gasteiger partial charge in [-0.15, -0.1) is 10.2 Å². The fourth-order valence-electron chi connectivity index (χ4n) is 2.09. The molecule has 1 aliphatic rings. The first-order chi connectivity index (χ1) is 7.15. The normalized spacial score (nSPS) is 27.4. The van der Waals surface area contributed by atoms with Gasteiger partial charge in [0.15, 0.2) is 0 Å². The lowest BCUT2D eigenvalue weighted by molar-refractivity contribution is 0.170. The van der Waals surface area contributed by atoms with Gasteiger partial charge in [-0.25, -0.2) is 0 Å². The Morgan fingerprint density at radius 3 is 3.00 bits per heavy atom. The monoisotopic (exact) mass is 210 g/mol. The van der Waals surface area contributed by atoms with E-state index in [1.807, 2.05) is 4.57 Å². The second-order valence-corrected chi connectivity index (χ2v) is 4.55. The molecule has 5 heteroatoms. The van der Waals surface area contributed by atoms with Crippen molar-refractivity contribution in [2.24, 2.45) is 11.7 Å². The largest absolute Gasteiger partial charge is 0.392 e. The summed E-state index contributed by atoms with van der Waals surface area (Å²) in [6.45, 7) is 2.34. The molecule has 1 aromatic heterocycles. The van der Waals surface area contributed by atoms with Crippen molar-refractivity contribution in [3.05, 3.63) is 12.2 Å². The van der Waals surface area contributed by atoms with Crippen LogP contribution in [0, 0.1) is 5.92 Å². The maximum absolute atomic E-state index is 9.30. The molecule has 0 radical (unpaired) electrons. The summed E-state index contributed by atoms with van der Waals surface area (Å²) in [5.74, 6) is 1.62. The summed E-state index contributed by atoms with van der Waals surface area (Å²) in [7, 11) is 0. The highest BCUT2D eigenvalue weighted by atomic mass is 16.3. The topological polar surface area (TPSA) is 77.0 Å². The van der Waals surface area contributed by atoms with Crippen molar-refractivity contribution in [2.75, 3.05) is 0 Å². The molecule has 2 rings (SSSR count). The first kappa shape index (κ1) is 10.6. The number of hydrogen-bond acceptors (Lipinski definition) is 4. The Morgan fingerprint density at radius 2 is 2.40 bits per heavy atom. The first-order valence-corrected chi connectivity index (χ1v) is 5.45. The number of rotatable bonds is 4. The van der Waals surface area contributed by atoms with E-state index in [2.05, 4.69) is 10.2 Å². The highest BCUT2D eigenvalue weighted by molar-refractivity contribution is 4.94. The molecule has 0 saturated heterocycles. The number of nitrogens with zero attached hydrogens (tertiary/aromatic N) is 3. The molecule has 1 aromatic rings. The van der Waals surface area contributed by atoms with Crippen molar-refractivity contribution in [1.82, 2.24) is 14.8 Å². The van der Waals surface area contributed by atoms with E-state index in [1.165, 1.54) is 0 Å². The molecule has 1 aliphatic carbocycles. The minimum absolute atomic E-state index is 0.358. The van der Waals surface area contributed by atoms with Crippen LogP contribution in [0.15, 0.2) is 6.33 Å². The lowest BCUT2D eigenvalue weighted by atomic mass is 9.79. The SMILES string of the molecule is CC(O)Cn1cnnc1CC1CC(N)C1. The average molecular weight is 210 g/mol. The van der Waals surface area contributed by atoms with E-state index in [1.54, 1.807) is 13.3 Å². The standard InChI is InChI=1S/C10H18N4O/c1-7(15)5-14-6-12-13-10(14)4-8-2-9(11)3-8/h6-9,15H,2-5,11H2,1H3. The van der Waals surface area contributed by atoms with Crippen LogP contribution in [-0.2, 0) is 13.0 Å². The number of aliphatic hydroxyl groups is 1. The second kappa shape index (κ2) is 4.28. The van der Waals surface area contributed by atoms with E-state index in [0.29, 0.717) is 18.5 Å². The summed E-state index contributed by atoms with van der Waals surface area (Å²) in [6.07, 6.45) is 4.42. The zero-order chi connectivity index (χ0) is 10.8. The zero-order valence-electron chi connectivity index (χ0n) is 9.00. The highest BCUT2D eigenvalue weighted by Crippen LogP contribution is 2.28. The molecular weight excluding hydrogens is 192 g/mol. The average Bonchev–Trinajstić information content (AvgIpc) is 2.49. The molecule has 1 atom stereocenters. The van der Waals surface area contributed by atoms with E-state index in [-0.39, 0.29) is 6.10 Å². The molecule has 5 nitrogen and oxygen atoms in total. The molecule has 1 heterocycles. The minimum Gasteiger partial charge on any atom is -0.392 e. The molecule has 0 amide bonds. The summed E-state index contributed by atoms with van der Waals surface area (Å²) >= 11 is 0. The minimum atomic E-state index is -0.358. The number of nitrogens with two attached hydrogens (primary N) is 1. The van der Waals surface area contributed by atoms with Crippen LogP contribution in [0.4, 0.5) is 0 Å². The van der Waals surface area contributed by atoms with Crippen molar-refractivity contribution in [3.8, 4) is 0 Å². The lowest BCUT2D eigenvalue weighted by Gasteiger charge is -2.32. The first-order valence-electron chi connectivity index (χ1n) is 5.45. The van der Waals surface area contributed by atoms with E-state index in [0.717, 1.165) is 25.1 Å². The lowest BCUT2D eigenvalue weighted by Crippen LogP contribution is -2.37. The Hall–Kier alpha value is -0.940. The third kappa shape index (κ3) is 2.54. The van der Waals surface area contributed by atoms with Gasteiger partial charge in [0.05, 0.1) is 12.6 Å². The quantitative estimate of drug-likeness (QED) is 0.730. The fraction of sp³-hybridized carbons (Fsp3) is 0.800. The molecular formula is C10H18N4O. The van der Waals surface area contributed by atoms with Crippen molar-refractivity contribution in [1.29, 1.82) is 0 Å². The molecule has 15 heavy (non-hydrogen) atoms. The van der Waals surface area contributed by atoms with Crippen molar-refractivity contribution in [3.63, 3.8) is 0 Å². The molecule has 0 spiro atoms. The van der Waals surface area contributed by atoms with Crippen LogP contribution in [0.2, 0.25) is 0 Å². The van der Waals surface area contributed by atoms with E-state index in [9.17, 15) is 5.11 Å². The third-order valence-corrected chi connectivity index (χ3v) is 2.90. The highest BCUT2D eigenvalue weighted by Gasteiger charge is 2.27. The van der Waals surface area contributed by atoms with Gasteiger partial charge in [-0.05, 0) is 25.7 Å². The van der Waals surface area contributed by atoms with Crippen LogP contribution in [0.3, 0.4) is 0 Å². The molecule has 0 aromatic carbocycles. The van der Waals surface area contributed by atoms with Crippen molar-refractivity contribution in [2.45, 2.75) is 44.9 Å². The van der Waals surface area contributed by atoms with Gasteiger partial charge < -0.3 is 15.4 Å². The predicted octanol–water partition coefficient (Wildman–Crippen LogP) is -0.0613. The number of aromatic nitrogens is 3. The van der Waals surface area contributed by atoms with Gasteiger partial charge in [0.25, 0.3) is 0 Å². The summed E-state index contributed by atoms with van der Waals surface area (Å²) in [5, 5.41) is 17.3. The Bertz CT molecular complexity index is 317. The van der Waals surface area contributed by atoms with Crippen LogP contribution in [0.25, 0.3) is 0 Å². The summed E-state index contributed by atoms with van der Waals surface area (Å²) in [6, 6.07) is 0.378. The van der Waals surface area contributed by atoms with Crippen molar-refractivity contribution >= 4 is 0 Å². The smallest absolute Gasteiger partial charge is 0.133 e. The Balaban J connectivity index is 1.93. The van der Waals surface area contributed by atoms with Gasteiger partial charge in [0.1, 0.15) is 12.2 Å². The maximum Gasteiger partial charge on any atom is 0.133 e. The Morgan fingerprint density at radius 1 is 1.67 bits per heavy atom. The zero-order valence-corrected chi connectivity index (χ0v) is 9.00. The van der Waals surface area contributed by atoms with E-state index >= 15 is 0 Å². The number of aliphatic hydroxyl groups excluding tert-OH is 1. The van der Waals surface area contributed by atoms with Gasteiger partial charge in [-0.1, -0.05) is 0 Å². The van der Waals surface area contributed by atoms with E-state index in [4.69, 9.17) is 5.73 Å². The summed E-state index contributed by atoms with van der Waals surface area (Å²) in [4.78, 5) is 0. The fourth-order valence-corrected chi connectivity index (χ4v) is 2.09. The van der Waals surface area contributed by atoms with Gasteiger partial charge in [0.2, 0.25) is 0 Å². The predicted molar refractivity (Wildman–Crippen MR) is 56.1 cm³/mol. The van der Waals surface area contributed by atoms with Crippen LogP contribution >= 0.6 is 0 Å². The number of hydrogen-bond donors (Lipinski definition) is 2. The van der Waals surface area contributed by atoms with Crippen LogP contribution < -0.4 is 5.73 Å². The third-order valence-electron chi connectivity index (χ3n) is 2.90. The Kier molecular flexibility index (Phi) is 3.02. The van der Waals surface area contributed by atoms with Gasteiger partial charge in [-0.3, -0.25) is 0 Å². The molecule has 0 bridgehead atoms. The Labute approximate surface area is 89.3 Å². The maximum atomic E-state index is 9.30. The van der Waals surface area contributed by atoms with Gasteiger partial charge in [0, 0.05) is 12.5 Å². The van der Waals surface area contributed by atoms with Crippen LogP contribution in [0.1, 0.15) is 25.6 Å². The summed E-state index contributed by atoms with van der Waals surface area (Å²) in [5.41, 5.74) is 5.73. The van der Waals surface area contributed by atoms with Crippen molar-refractivity contribution < 1.29 is 5.11 Å². The van der Waals surface area contributed by atoms with Crippen LogP contribution in [-0.4, -0.2) is 32.0 Å². The molecule has 1 saturated carbocycles. The molecule has 84 valence electrons. The molecule has 3 N–H and O–H groups in total. The molecule has 1 fully saturated rings. The van der Waals surface area contributed by atoms with Crippen LogP contribution in [0.5, 0.6) is 0 Å². The summed E-state index contributed by atoms with van der Waals surface area (Å²) < 4.78 is 1.93. The van der Waals surface area contributed by atoms with Gasteiger partial charge in [-0.2, -0.15) is 0 Å².